The molecule has 0 radical (unpaired) electrons. The van der Waals surface area contributed by atoms with Crippen LogP contribution in [-0.2, 0) is 0 Å². The number of hydrogen-bond acceptors (Lipinski definition) is 3. The standard InChI is InChI=1S/C22H24FN3O2/c1-15(2)12-13-24-22(27)21-14-20(16-4-6-17(23)7-5-16)25-26(21)18-8-10-19(28-3)11-9-18/h4-11,14-15H,12-13H2,1-3H3,(H,24,27). The Morgan fingerprint density at radius 1 is 1.14 bits per heavy atom. The zero-order chi connectivity index (χ0) is 20.1. The SMILES string of the molecule is COc1ccc(-n2nc(-c3ccc(F)cc3)cc2C(=O)NCCC(C)C)cc1. The van der Waals surface area contributed by atoms with Gasteiger partial charge in [-0.15, -0.1) is 0 Å². The van der Waals surface area contributed by atoms with Crippen molar-refractivity contribution in [1.29, 1.82) is 0 Å². The van der Waals surface area contributed by atoms with Crippen LogP contribution in [0.25, 0.3) is 16.9 Å². The molecule has 3 rings (SSSR count). The van der Waals surface area contributed by atoms with Crippen molar-refractivity contribution in [3.8, 4) is 22.7 Å². The molecule has 0 fully saturated rings. The Bertz CT molecular complexity index is 931. The van der Waals surface area contributed by atoms with Crippen molar-refractivity contribution in [2.45, 2.75) is 20.3 Å². The molecule has 0 aliphatic carbocycles. The van der Waals surface area contributed by atoms with Crippen molar-refractivity contribution < 1.29 is 13.9 Å². The lowest BCUT2D eigenvalue weighted by molar-refractivity contribution is 0.0944. The van der Waals surface area contributed by atoms with Gasteiger partial charge < -0.3 is 10.1 Å². The van der Waals surface area contributed by atoms with E-state index in [-0.39, 0.29) is 11.7 Å². The number of aromatic nitrogens is 2. The molecule has 1 N–H and O–H groups in total. The minimum absolute atomic E-state index is 0.197. The van der Waals surface area contributed by atoms with Crippen molar-refractivity contribution in [2.75, 3.05) is 13.7 Å². The molecule has 0 aliphatic heterocycles. The summed E-state index contributed by atoms with van der Waals surface area (Å²) in [6, 6.07) is 15.1. The largest absolute Gasteiger partial charge is 0.497 e. The number of carbonyl (C=O) groups excluding carboxylic acids is 1. The van der Waals surface area contributed by atoms with E-state index in [1.54, 1.807) is 30.0 Å². The first-order valence-corrected chi connectivity index (χ1v) is 9.26. The summed E-state index contributed by atoms with van der Waals surface area (Å²) in [7, 11) is 1.60. The fourth-order valence-electron chi connectivity index (χ4n) is 2.79. The van der Waals surface area contributed by atoms with Gasteiger partial charge in [0, 0.05) is 12.1 Å². The second-order valence-electron chi connectivity index (χ2n) is 6.97. The number of nitrogens with one attached hydrogen (secondary N) is 1. The number of nitrogens with zero attached hydrogens (tertiary/aromatic N) is 2. The summed E-state index contributed by atoms with van der Waals surface area (Å²) in [5, 5.41) is 7.55. The highest BCUT2D eigenvalue weighted by Gasteiger charge is 2.17. The molecular weight excluding hydrogens is 357 g/mol. The Morgan fingerprint density at radius 2 is 1.82 bits per heavy atom. The van der Waals surface area contributed by atoms with E-state index in [2.05, 4.69) is 24.3 Å². The van der Waals surface area contributed by atoms with E-state index in [1.807, 2.05) is 24.3 Å². The zero-order valence-electron chi connectivity index (χ0n) is 16.3. The van der Waals surface area contributed by atoms with Crippen molar-refractivity contribution in [1.82, 2.24) is 15.1 Å². The van der Waals surface area contributed by atoms with Crippen LogP contribution in [0.2, 0.25) is 0 Å². The molecule has 0 unspecified atom stereocenters. The van der Waals surface area contributed by atoms with E-state index in [0.29, 0.717) is 23.9 Å². The number of amides is 1. The van der Waals surface area contributed by atoms with Gasteiger partial charge in [-0.25, -0.2) is 9.07 Å². The molecule has 0 saturated carbocycles. The van der Waals surface area contributed by atoms with Gasteiger partial charge in [0.05, 0.1) is 18.5 Å². The Morgan fingerprint density at radius 3 is 2.43 bits per heavy atom. The van der Waals surface area contributed by atoms with E-state index in [1.165, 1.54) is 12.1 Å². The number of benzene rings is 2. The highest BCUT2D eigenvalue weighted by atomic mass is 19.1. The predicted molar refractivity (Wildman–Crippen MR) is 107 cm³/mol. The highest BCUT2D eigenvalue weighted by molar-refractivity contribution is 5.94. The van der Waals surface area contributed by atoms with E-state index >= 15 is 0 Å². The predicted octanol–water partition coefficient (Wildman–Crippen LogP) is 4.46. The first-order chi connectivity index (χ1) is 13.5. The summed E-state index contributed by atoms with van der Waals surface area (Å²) in [6.45, 7) is 4.82. The van der Waals surface area contributed by atoms with Crippen LogP contribution in [0, 0.1) is 11.7 Å². The van der Waals surface area contributed by atoms with Gasteiger partial charge in [-0.05, 0) is 66.9 Å². The number of methoxy groups -OCH3 is 1. The van der Waals surface area contributed by atoms with Crippen molar-refractivity contribution in [2.24, 2.45) is 5.92 Å². The van der Waals surface area contributed by atoms with Crippen molar-refractivity contribution >= 4 is 5.91 Å². The second kappa shape index (κ2) is 8.69. The summed E-state index contributed by atoms with van der Waals surface area (Å²) in [5.74, 6) is 0.710. The summed E-state index contributed by atoms with van der Waals surface area (Å²) in [4.78, 5) is 12.8. The molecule has 0 aliphatic rings. The zero-order valence-corrected chi connectivity index (χ0v) is 16.3. The third kappa shape index (κ3) is 4.57. The third-order valence-corrected chi connectivity index (χ3v) is 4.41. The lowest BCUT2D eigenvalue weighted by Gasteiger charge is -2.10. The minimum atomic E-state index is -0.315. The second-order valence-corrected chi connectivity index (χ2v) is 6.97. The van der Waals surface area contributed by atoms with E-state index in [4.69, 9.17) is 4.74 Å². The topological polar surface area (TPSA) is 56.2 Å². The first-order valence-electron chi connectivity index (χ1n) is 9.26. The molecular formula is C22H24FN3O2. The average Bonchev–Trinajstić information content (AvgIpc) is 3.14. The molecule has 1 amide bonds. The van der Waals surface area contributed by atoms with Crippen LogP contribution in [-0.4, -0.2) is 29.3 Å². The molecule has 0 spiro atoms. The molecule has 146 valence electrons. The van der Waals surface area contributed by atoms with Crippen molar-refractivity contribution in [3.05, 3.63) is 66.1 Å². The molecule has 1 aromatic heterocycles. The number of rotatable bonds is 7. The maximum atomic E-state index is 13.3. The highest BCUT2D eigenvalue weighted by Crippen LogP contribution is 2.23. The molecule has 1 heterocycles. The number of halogens is 1. The van der Waals surface area contributed by atoms with Crippen LogP contribution < -0.4 is 10.1 Å². The Kier molecular flexibility index (Phi) is 6.09. The van der Waals surface area contributed by atoms with E-state index < -0.39 is 0 Å². The molecule has 5 nitrogen and oxygen atoms in total. The van der Waals surface area contributed by atoms with Gasteiger partial charge in [-0.3, -0.25) is 4.79 Å². The molecule has 28 heavy (non-hydrogen) atoms. The van der Waals surface area contributed by atoms with Gasteiger partial charge in [0.2, 0.25) is 0 Å². The van der Waals surface area contributed by atoms with Crippen molar-refractivity contribution in [3.63, 3.8) is 0 Å². The molecule has 3 aromatic rings. The Labute approximate surface area is 164 Å². The van der Waals surface area contributed by atoms with Crippen LogP contribution in [0.15, 0.2) is 54.6 Å². The molecule has 2 aromatic carbocycles. The van der Waals surface area contributed by atoms with Gasteiger partial charge in [0.15, 0.2) is 0 Å². The van der Waals surface area contributed by atoms with Gasteiger partial charge in [0.25, 0.3) is 5.91 Å². The first kappa shape index (κ1) is 19.6. The van der Waals surface area contributed by atoms with Crippen LogP contribution in [0.3, 0.4) is 0 Å². The molecule has 6 heteroatoms. The van der Waals surface area contributed by atoms with Gasteiger partial charge in [-0.1, -0.05) is 13.8 Å². The monoisotopic (exact) mass is 381 g/mol. The number of hydrogen-bond donors (Lipinski definition) is 1. The van der Waals surface area contributed by atoms with Crippen LogP contribution in [0.1, 0.15) is 30.8 Å². The van der Waals surface area contributed by atoms with E-state index in [0.717, 1.165) is 23.4 Å². The Balaban J connectivity index is 1.97. The summed E-state index contributed by atoms with van der Waals surface area (Å²) in [5.41, 5.74) is 2.51. The third-order valence-electron chi connectivity index (χ3n) is 4.41. The fraction of sp³-hybridized carbons (Fsp3) is 0.273. The number of carbonyl (C=O) groups is 1. The normalized spacial score (nSPS) is 10.9. The minimum Gasteiger partial charge on any atom is -0.497 e. The smallest absolute Gasteiger partial charge is 0.270 e. The lowest BCUT2D eigenvalue weighted by atomic mass is 10.1. The van der Waals surface area contributed by atoms with Crippen LogP contribution in [0.4, 0.5) is 4.39 Å². The van der Waals surface area contributed by atoms with Crippen LogP contribution >= 0.6 is 0 Å². The lowest BCUT2D eigenvalue weighted by Crippen LogP contribution is -2.27. The molecule has 0 atom stereocenters. The maximum absolute atomic E-state index is 13.3. The van der Waals surface area contributed by atoms with Gasteiger partial charge >= 0.3 is 0 Å². The Hall–Kier alpha value is -3.15. The summed E-state index contributed by atoms with van der Waals surface area (Å²) >= 11 is 0. The number of ether oxygens (including phenoxy) is 1. The quantitative estimate of drug-likeness (QED) is 0.657. The fourth-order valence-corrected chi connectivity index (χ4v) is 2.79. The molecule has 0 bridgehead atoms. The molecule has 0 saturated heterocycles. The average molecular weight is 381 g/mol. The van der Waals surface area contributed by atoms with E-state index in [9.17, 15) is 9.18 Å². The van der Waals surface area contributed by atoms with Gasteiger partial charge in [0.1, 0.15) is 17.3 Å². The summed E-state index contributed by atoms with van der Waals surface area (Å²) < 4.78 is 20.1. The maximum Gasteiger partial charge on any atom is 0.270 e. The van der Waals surface area contributed by atoms with Gasteiger partial charge in [-0.2, -0.15) is 5.10 Å². The summed E-state index contributed by atoms with van der Waals surface area (Å²) in [6.07, 6.45) is 0.896. The van der Waals surface area contributed by atoms with Crippen LogP contribution in [0.5, 0.6) is 5.75 Å².